The molecule has 0 atom stereocenters. The summed E-state index contributed by atoms with van der Waals surface area (Å²) in [5.74, 6) is 0. The lowest BCUT2D eigenvalue weighted by atomic mass is 9.67. The van der Waals surface area contributed by atoms with E-state index in [2.05, 4.69) is 236 Å². The molecule has 9 aromatic rings. The number of nitrogens with zero attached hydrogens (tertiary/aromatic N) is 1. The molecule has 1 nitrogen and oxygen atoms in total. The molecule has 0 aromatic heterocycles. The predicted octanol–water partition coefficient (Wildman–Crippen LogP) is 16.5. The van der Waals surface area contributed by atoms with Crippen LogP contribution in [0.5, 0.6) is 0 Å². The van der Waals surface area contributed by atoms with Gasteiger partial charge in [0.25, 0.3) is 0 Å². The molecule has 0 saturated heterocycles. The Balaban J connectivity index is 1.24. The number of hydrogen-bond acceptors (Lipinski definition) is 1. The summed E-state index contributed by atoms with van der Waals surface area (Å²) in [5.41, 5.74) is 15.4. The Bertz CT molecular complexity index is 3190. The minimum absolute atomic E-state index is 0.0806. The van der Waals surface area contributed by atoms with E-state index >= 15 is 0 Å². The van der Waals surface area contributed by atoms with E-state index in [9.17, 15) is 2.74 Å². The van der Waals surface area contributed by atoms with Crippen LogP contribution in [0.15, 0.2) is 224 Å². The number of fused-ring (bicyclic) bond motifs is 6. The fourth-order valence-electron chi connectivity index (χ4n) is 10.9. The Morgan fingerprint density at radius 1 is 0.338 bits per heavy atom. The SMILES string of the molecule is [2H]c1c([2H])c([2H])c(N(c2ccc3c(c2)C(c2ccccc2)(c2ccccc2)c2cc(C(C)(C)C)ccc2-3)c2ccc3c(c2)C(c2ccccc2)(c2ccccc2)c2cc(C(C)(C)C)ccc2-3)c([2H])c1[2H]. The molecule has 2 aliphatic carbocycles. The summed E-state index contributed by atoms with van der Waals surface area (Å²) in [6.45, 7) is 13.5. The monoisotopic (exact) mass is 842 g/mol. The van der Waals surface area contributed by atoms with Gasteiger partial charge in [0, 0.05) is 17.1 Å². The van der Waals surface area contributed by atoms with Crippen LogP contribution in [-0.2, 0) is 21.7 Å². The fraction of sp³-hybridized carbons (Fsp3) is 0.156. The van der Waals surface area contributed by atoms with Gasteiger partial charge >= 0.3 is 0 Å². The van der Waals surface area contributed by atoms with Gasteiger partial charge in [-0.3, -0.25) is 0 Å². The van der Waals surface area contributed by atoms with E-state index in [0.717, 1.165) is 55.6 Å². The molecule has 0 spiro atoms. The lowest BCUT2D eigenvalue weighted by Gasteiger charge is -2.36. The molecule has 9 aromatic carbocycles. The van der Waals surface area contributed by atoms with Crippen molar-refractivity contribution < 1.29 is 6.85 Å². The summed E-state index contributed by atoms with van der Waals surface area (Å²) in [6.07, 6.45) is 0. The number of anilines is 3. The van der Waals surface area contributed by atoms with Crippen LogP contribution in [0.3, 0.4) is 0 Å². The van der Waals surface area contributed by atoms with Gasteiger partial charge in [0.2, 0.25) is 0 Å². The molecule has 0 saturated carbocycles. The lowest BCUT2D eigenvalue weighted by molar-refractivity contribution is 0.587. The molecule has 0 radical (unpaired) electrons. The van der Waals surface area contributed by atoms with Crippen LogP contribution in [0.1, 0.15) is 104 Å². The summed E-state index contributed by atoms with van der Waals surface area (Å²) >= 11 is 0. The van der Waals surface area contributed by atoms with Crippen molar-refractivity contribution in [3.63, 3.8) is 0 Å². The molecule has 0 N–H and O–H groups in total. The quantitative estimate of drug-likeness (QED) is 0.154. The van der Waals surface area contributed by atoms with Crippen LogP contribution in [0.4, 0.5) is 17.1 Å². The van der Waals surface area contributed by atoms with Gasteiger partial charge in [-0.15, -0.1) is 0 Å². The average Bonchev–Trinajstić information content (AvgIpc) is 3.84. The number of benzene rings is 9. The van der Waals surface area contributed by atoms with Crippen LogP contribution < -0.4 is 4.90 Å². The van der Waals surface area contributed by atoms with Crippen LogP contribution >= 0.6 is 0 Å². The summed E-state index contributed by atoms with van der Waals surface area (Å²) in [4.78, 5) is 1.91. The summed E-state index contributed by atoms with van der Waals surface area (Å²) in [7, 11) is 0. The highest BCUT2D eigenvalue weighted by Crippen LogP contribution is 2.60. The fourth-order valence-corrected chi connectivity index (χ4v) is 10.9. The first-order chi connectivity index (χ1) is 33.6. The zero-order valence-electron chi connectivity index (χ0n) is 42.9. The molecule has 0 bridgehead atoms. The molecule has 2 aliphatic rings. The minimum Gasteiger partial charge on any atom is -0.310 e. The third kappa shape index (κ3) is 6.28. The molecule has 0 aliphatic heterocycles. The second kappa shape index (κ2) is 15.2. The Morgan fingerprint density at radius 2 is 0.646 bits per heavy atom. The van der Waals surface area contributed by atoms with Crippen LogP contribution in [0.2, 0.25) is 0 Å². The van der Waals surface area contributed by atoms with Gasteiger partial charge in [-0.2, -0.15) is 0 Å². The van der Waals surface area contributed by atoms with E-state index in [1.807, 2.05) is 4.90 Å². The summed E-state index contributed by atoms with van der Waals surface area (Å²) in [6, 6.07) is 67.7. The maximum Gasteiger partial charge on any atom is 0.0714 e. The van der Waals surface area contributed by atoms with E-state index in [1.165, 1.54) is 22.3 Å². The molecule has 0 fully saturated rings. The van der Waals surface area contributed by atoms with Gasteiger partial charge in [-0.25, -0.2) is 0 Å². The average molecular weight is 843 g/mol. The van der Waals surface area contributed by atoms with Crippen molar-refractivity contribution >= 4 is 17.1 Å². The van der Waals surface area contributed by atoms with E-state index in [1.54, 1.807) is 0 Å². The minimum atomic E-state index is -0.768. The largest absolute Gasteiger partial charge is 0.310 e. The van der Waals surface area contributed by atoms with Crippen molar-refractivity contribution in [2.75, 3.05) is 4.90 Å². The van der Waals surface area contributed by atoms with Crippen LogP contribution in [0.25, 0.3) is 22.3 Å². The van der Waals surface area contributed by atoms with E-state index in [4.69, 9.17) is 4.11 Å². The Kier molecular flexibility index (Phi) is 8.23. The molecule has 65 heavy (non-hydrogen) atoms. The molecule has 0 amide bonds. The second-order valence-corrected chi connectivity index (χ2v) is 19.8. The van der Waals surface area contributed by atoms with Gasteiger partial charge in [0.15, 0.2) is 0 Å². The predicted molar refractivity (Wildman–Crippen MR) is 273 cm³/mol. The highest BCUT2D eigenvalue weighted by Gasteiger charge is 2.49. The van der Waals surface area contributed by atoms with Gasteiger partial charge in [-0.1, -0.05) is 230 Å². The normalized spacial score (nSPS) is 15.3. The first-order valence-electron chi connectivity index (χ1n) is 25.3. The zero-order valence-corrected chi connectivity index (χ0v) is 37.9. The highest BCUT2D eigenvalue weighted by molar-refractivity contribution is 5.92. The third-order valence-electron chi connectivity index (χ3n) is 14.0. The van der Waals surface area contributed by atoms with Crippen molar-refractivity contribution in [1.29, 1.82) is 0 Å². The van der Waals surface area contributed by atoms with Crippen molar-refractivity contribution in [2.24, 2.45) is 0 Å². The van der Waals surface area contributed by atoms with E-state index in [-0.39, 0.29) is 28.6 Å². The Morgan fingerprint density at radius 3 is 0.969 bits per heavy atom. The maximum absolute atomic E-state index is 9.63. The topological polar surface area (TPSA) is 3.24 Å². The van der Waals surface area contributed by atoms with Gasteiger partial charge in [0.05, 0.1) is 17.7 Å². The zero-order chi connectivity index (χ0) is 48.9. The van der Waals surface area contributed by atoms with Crippen LogP contribution in [0, 0.1) is 0 Å². The molecular weight excluding hydrogens is 783 g/mol. The van der Waals surface area contributed by atoms with Gasteiger partial charge < -0.3 is 4.90 Å². The Labute approximate surface area is 392 Å². The summed E-state index contributed by atoms with van der Waals surface area (Å²) in [5, 5.41) is 0. The van der Waals surface area contributed by atoms with Crippen molar-refractivity contribution in [3.05, 3.63) is 280 Å². The smallest absolute Gasteiger partial charge is 0.0714 e. The van der Waals surface area contributed by atoms with Gasteiger partial charge in [0.1, 0.15) is 0 Å². The second-order valence-electron chi connectivity index (χ2n) is 19.8. The summed E-state index contributed by atoms with van der Waals surface area (Å²) < 4.78 is 46.1. The number of para-hydroxylation sites is 1. The van der Waals surface area contributed by atoms with Crippen molar-refractivity contribution in [2.45, 2.75) is 63.2 Å². The lowest BCUT2D eigenvalue weighted by Crippen LogP contribution is -2.29. The third-order valence-corrected chi connectivity index (χ3v) is 14.0. The standard InChI is InChI=1S/C64H55N/c1-61(2,3)48-32-36-53-55-38-34-51(42-59(55)63(57(53)40-48,44-22-12-7-13-23-44)45-24-14-8-15-25-45)65(50-30-20-11-21-31-50)52-35-39-56-54-37-33-49(62(4,5)6)41-58(54)64(60(56)43-52,46-26-16-9-17-27-46)47-28-18-10-19-29-47/h7-43H,1-6H3/i11D,20D,21D,30D,31D. The molecule has 0 heterocycles. The molecule has 11 rings (SSSR count). The number of rotatable bonds is 7. The van der Waals surface area contributed by atoms with Crippen molar-refractivity contribution in [3.8, 4) is 22.3 Å². The van der Waals surface area contributed by atoms with Crippen LogP contribution in [-0.4, -0.2) is 0 Å². The molecule has 316 valence electrons. The highest BCUT2D eigenvalue weighted by atomic mass is 15.1. The van der Waals surface area contributed by atoms with Crippen molar-refractivity contribution in [1.82, 2.24) is 0 Å². The molecule has 0 unspecified atom stereocenters. The molecular formula is C64H55N. The first-order valence-corrected chi connectivity index (χ1v) is 22.8. The number of hydrogen-bond donors (Lipinski definition) is 0. The van der Waals surface area contributed by atoms with E-state index < -0.39 is 29.0 Å². The van der Waals surface area contributed by atoms with E-state index in [0.29, 0.717) is 11.4 Å². The molecule has 1 heteroatoms. The van der Waals surface area contributed by atoms with Gasteiger partial charge in [-0.05, 0) is 125 Å². The first kappa shape index (κ1) is 35.2. The Hall–Kier alpha value is -7.22. The maximum atomic E-state index is 9.63.